The smallest absolute Gasteiger partial charge is 0.170 e. The van der Waals surface area contributed by atoms with Crippen LogP contribution >= 0.6 is 0 Å². The molecule has 0 saturated heterocycles. The molecule has 0 amide bonds. The summed E-state index contributed by atoms with van der Waals surface area (Å²) in [5.74, 6) is 0.343. The number of aryl methyl sites for hydroxylation is 1. The van der Waals surface area contributed by atoms with Crippen molar-refractivity contribution in [1.82, 2.24) is 14.9 Å². The van der Waals surface area contributed by atoms with Gasteiger partial charge in [-0.2, -0.15) is 0 Å². The second-order valence-electron chi connectivity index (χ2n) is 4.34. The van der Waals surface area contributed by atoms with Crippen LogP contribution in [0.15, 0.2) is 35.7 Å². The minimum absolute atomic E-state index is 0.113. The van der Waals surface area contributed by atoms with Crippen LogP contribution in [0.4, 0.5) is 4.39 Å². The Morgan fingerprint density at radius 1 is 1.50 bits per heavy atom. The van der Waals surface area contributed by atoms with Gasteiger partial charge in [0.15, 0.2) is 5.84 Å². The quantitative estimate of drug-likeness (QED) is 0.328. The topological polar surface area (TPSA) is 88.5 Å². The van der Waals surface area contributed by atoms with Crippen LogP contribution in [0.25, 0.3) is 0 Å². The molecule has 0 fully saturated rings. The number of nitrogens with two attached hydrogens (primary N) is 1. The Bertz CT molecular complexity index is 623. The maximum absolute atomic E-state index is 13.2. The summed E-state index contributed by atoms with van der Waals surface area (Å²) in [5.41, 5.74) is 6.66. The molecule has 0 aliphatic carbocycles. The van der Waals surface area contributed by atoms with Gasteiger partial charge in [-0.25, -0.2) is 9.37 Å². The lowest BCUT2D eigenvalue weighted by atomic mass is 10.1. The SMILES string of the molecule is Cn1ccnc1CNCc1ccc(F)cc1C(N)=NO. The van der Waals surface area contributed by atoms with Crippen molar-refractivity contribution in [2.75, 3.05) is 0 Å². The van der Waals surface area contributed by atoms with Gasteiger partial charge in [0.25, 0.3) is 0 Å². The normalized spacial score (nSPS) is 11.8. The van der Waals surface area contributed by atoms with Crippen LogP contribution in [-0.2, 0) is 20.1 Å². The van der Waals surface area contributed by atoms with Crippen LogP contribution in [0.5, 0.6) is 0 Å². The fourth-order valence-corrected chi connectivity index (χ4v) is 1.87. The van der Waals surface area contributed by atoms with Gasteiger partial charge in [-0.1, -0.05) is 11.2 Å². The summed E-state index contributed by atoms with van der Waals surface area (Å²) in [6, 6.07) is 4.19. The standard InChI is InChI=1S/C13H16FN5O/c1-19-5-4-17-12(19)8-16-7-9-2-3-10(14)6-11(9)13(15)18-20/h2-6,16,20H,7-8H2,1H3,(H2,15,18). The third-order valence-corrected chi connectivity index (χ3v) is 2.98. The zero-order valence-electron chi connectivity index (χ0n) is 11.0. The Hall–Kier alpha value is -2.41. The van der Waals surface area contributed by atoms with Crippen LogP contribution in [0.3, 0.4) is 0 Å². The monoisotopic (exact) mass is 277 g/mol. The van der Waals surface area contributed by atoms with Gasteiger partial charge in [-0.05, 0) is 17.7 Å². The highest BCUT2D eigenvalue weighted by atomic mass is 19.1. The maximum atomic E-state index is 13.2. The molecule has 0 atom stereocenters. The minimum atomic E-state index is -0.431. The summed E-state index contributed by atoms with van der Waals surface area (Å²) in [7, 11) is 1.91. The van der Waals surface area contributed by atoms with Gasteiger partial charge in [0, 0.05) is 31.5 Å². The molecule has 0 bridgehead atoms. The molecule has 2 rings (SSSR count). The van der Waals surface area contributed by atoms with Gasteiger partial charge in [-0.15, -0.1) is 0 Å². The number of nitrogens with zero attached hydrogens (tertiary/aromatic N) is 3. The van der Waals surface area contributed by atoms with Crippen molar-refractivity contribution in [3.63, 3.8) is 0 Å². The van der Waals surface area contributed by atoms with Crippen molar-refractivity contribution in [1.29, 1.82) is 0 Å². The zero-order chi connectivity index (χ0) is 14.5. The summed E-state index contributed by atoms with van der Waals surface area (Å²) in [6.07, 6.45) is 3.58. The van der Waals surface area contributed by atoms with E-state index >= 15 is 0 Å². The van der Waals surface area contributed by atoms with Crippen molar-refractivity contribution >= 4 is 5.84 Å². The molecule has 0 unspecified atom stereocenters. The number of imidazole rings is 1. The van der Waals surface area contributed by atoms with Gasteiger partial charge in [0.1, 0.15) is 11.6 Å². The molecule has 1 heterocycles. The van der Waals surface area contributed by atoms with Gasteiger partial charge in [-0.3, -0.25) is 0 Å². The molecule has 106 valence electrons. The second kappa shape index (κ2) is 6.16. The van der Waals surface area contributed by atoms with E-state index in [2.05, 4.69) is 15.5 Å². The summed E-state index contributed by atoms with van der Waals surface area (Å²) in [4.78, 5) is 4.19. The van der Waals surface area contributed by atoms with E-state index in [1.54, 1.807) is 12.3 Å². The van der Waals surface area contributed by atoms with Crippen LogP contribution in [-0.4, -0.2) is 20.6 Å². The summed E-state index contributed by atoms with van der Waals surface area (Å²) in [5, 5.41) is 14.8. The lowest BCUT2D eigenvalue weighted by Crippen LogP contribution is -2.21. The lowest BCUT2D eigenvalue weighted by Gasteiger charge is -2.10. The molecule has 2 aromatic rings. The largest absolute Gasteiger partial charge is 0.409 e. The zero-order valence-corrected chi connectivity index (χ0v) is 11.0. The van der Waals surface area contributed by atoms with E-state index in [0.717, 1.165) is 11.4 Å². The van der Waals surface area contributed by atoms with E-state index in [4.69, 9.17) is 10.9 Å². The highest BCUT2D eigenvalue weighted by molar-refractivity contribution is 5.98. The molecule has 0 saturated carbocycles. The molecule has 0 spiro atoms. The van der Waals surface area contributed by atoms with E-state index in [1.165, 1.54) is 12.1 Å². The van der Waals surface area contributed by atoms with E-state index in [0.29, 0.717) is 18.7 Å². The first kappa shape index (κ1) is 14.0. The van der Waals surface area contributed by atoms with Crippen molar-refractivity contribution in [3.05, 3.63) is 53.4 Å². The van der Waals surface area contributed by atoms with E-state index < -0.39 is 5.82 Å². The van der Waals surface area contributed by atoms with Crippen LogP contribution in [0, 0.1) is 5.82 Å². The van der Waals surface area contributed by atoms with Gasteiger partial charge in [0.2, 0.25) is 0 Å². The Kier molecular flexibility index (Phi) is 4.31. The van der Waals surface area contributed by atoms with Crippen molar-refractivity contribution in [2.24, 2.45) is 17.9 Å². The van der Waals surface area contributed by atoms with E-state index in [1.807, 2.05) is 17.8 Å². The van der Waals surface area contributed by atoms with Crippen LogP contribution < -0.4 is 11.1 Å². The molecule has 7 heteroatoms. The summed E-state index contributed by atoms with van der Waals surface area (Å²) in [6.45, 7) is 1.02. The number of benzene rings is 1. The fraction of sp³-hybridized carbons (Fsp3) is 0.231. The molecule has 1 aromatic carbocycles. The number of hydrogen-bond acceptors (Lipinski definition) is 4. The first-order valence-corrected chi connectivity index (χ1v) is 6.05. The number of nitrogens with one attached hydrogen (secondary N) is 1. The third kappa shape index (κ3) is 3.12. The molecular formula is C13H16FN5O. The minimum Gasteiger partial charge on any atom is -0.409 e. The molecular weight excluding hydrogens is 261 g/mol. The summed E-state index contributed by atoms with van der Waals surface area (Å²) < 4.78 is 15.1. The predicted molar refractivity (Wildman–Crippen MR) is 72.7 cm³/mol. The average Bonchev–Trinajstić information content (AvgIpc) is 2.85. The van der Waals surface area contributed by atoms with Crippen molar-refractivity contribution in [2.45, 2.75) is 13.1 Å². The lowest BCUT2D eigenvalue weighted by molar-refractivity contribution is 0.318. The second-order valence-corrected chi connectivity index (χ2v) is 4.34. The predicted octanol–water partition coefficient (Wildman–Crippen LogP) is 0.944. The molecule has 0 radical (unpaired) electrons. The van der Waals surface area contributed by atoms with Gasteiger partial charge < -0.3 is 20.8 Å². The Labute approximate surface area is 115 Å². The Morgan fingerprint density at radius 2 is 2.30 bits per heavy atom. The molecule has 20 heavy (non-hydrogen) atoms. The van der Waals surface area contributed by atoms with E-state index in [9.17, 15) is 4.39 Å². The van der Waals surface area contributed by atoms with Crippen molar-refractivity contribution in [3.8, 4) is 0 Å². The molecule has 4 N–H and O–H groups in total. The fourth-order valence-electron chi connectivity index (χ4n) is 1.87. The van der Waals surface area contributed by atoms with Gasteiger partial charge >= 0.3 is 0 Å². The Balaban J connectivity index is 2.08. The third-order valence-electron chi connectivity index (χ3n) is 2.98. The number of amidine groups is 1. The molecule has 6 nitrogen and oxygen atoms in total. The number of aromatic nitrogens is 2. The molecule has 0 aliphatic heterocycles. The maximum Gasteiger partial charge on any atom is 0.170 e. The van der Waals surface area contributed by atoms with E-state index in [-0.39, 0.29) is 5.84 Å². The average molecular weight is 277 g/mol. The highest BCUT2D eigenvalue weighted by Gasteiger charge is 2.09. The first-order chi connectivity index (χ1) is 9.61. The number of halogens is 1. The van der Waals surface area contributed by atoms with Gasteiger partial charge in [0.05, 0.1) is 6.54 Å². The number of rotatable bonds is 5. The first-order valence-electron chi connectivity index (χ1n) is 6.05. The number of hydrogen-bond donors (Lipinski definition) is 3. The van der Waals surface area contributed by atoms with Crippen LogP contribution in [0.1, 0.15) is 17.0 Å². The molecule has 1 aromatic heterocycles. The Morgan fingerprint density at radius 3 is 2.95 bits per heavy atom. The summed E-state index contributed by atoms with van der Waals surface area (Å²) >= 11 is 0. The molecule has 0 aliphatic rings. The van der Waals surface area contributed by atoms with Crippen molar-refractivity contribution < 1.29 is 9.60 Å². The highest BCUT2D eigenvalue weighted by Crippen LogP contribution is 2.11. The van der Waals surface area contributed by atoms with Crippen LogP contribution in [0.2, 0.25) is 0 Å². The number of oxime groups is 1.